The lowest BCUT2D eigenvalue weighted by atomic mass is 10.1. The Morgan fingerprint density at radius 1 is 1.45 bits per heavy atom. The third-order valence-electron chi connectivity index (χ3n) is 3.85. The maximum atomic E-state index is 12.8. The average Bonchev–Trinajstić information content (AvgIpc) is 2.53. The zero-order valence-electron chi connectivity index (χ0n) is 12.8. The summed E-state index contributed by atoms with van der Waals surface area (Å²) in [4.78, 5) is 12.1. The first kappa shape index (κ1) is 16.7. The first-order valence-electron chi connectivity index (χ1n) is 7.48. The molecule has 1 aromatic rings. The smallest absolute Gasteiger partial charge is 0.251 e. The van der Waals surface area contributed by atoms with Crippen molar-refractivity contribution >= 4 is 15.9 Å². The molecule has 0 aromatic heterocycles. The van der Waals surface area contributed by atoms with Crippen LogP contribution in [0.1, 0.15) is 36.5 Å². The highest BCUT2D eigenvalue weighted by atomic mass is 32.2. The second kappa shape index (κ2) is 7.07. The summed E-state index contributed by atoms with van der Waals surface area (Å²) in [7, 11) is -3.55. The molecule has 5 nitrogen and oxygen atoms in total. The molecule has 0 aliphatic carbocycles. The van der Waals surface area contributed by atoms with E-state index >= 15 is 0 Å². The number of nitrogens with one attached hydrogen (secondary N) is 1. The molecule has 120 valence electrons. The van der Waals surface area contributed by atoms with Crippen LogP contribution in [0.15, 0.2) is 41.8 Å². The predicted molar refractivity (Wildman–Crippen MR) is 86.2 cm³/mol. The van der Waals surface area contributed by atoms with E-state index < -0.39 is 10.0 Å². The average molecular weight is 322 g/mol. The van der Waals surface area contributed by atoms with E-state index in [1.165, 1.54) is 10.4 Å². The van der Waals surface area contributed by atoms with Gasteiger partial charge in [0.05, 0.1) is 4.90 Å². The summed E-state index contributed by atoms with van der Waals surface area (Å²) in [6, 6.07) is 6.19. The molecule has 0 saturated carbocycles. The van der Waals surface area contributed by atoms with Gasteiger partial charge in [0.1, 0.15) is 0 Å². The number of rotatable bonds is 5. The minimum atomic E-state index is -3.55. The number of hydrogen-bond acceptors (Lipinski definition) is 3. The van der Waals surface area contributed by atoms with Crippen molar-refractivity contribution in [1.82, 2.24) is 9.62 Å². The summed E-state index contributed by atoms with van der Waals surface area (Å²) in [6.07, 6.45) is 4.38. The minimum Gasteiger partial charge on any atom is -0.349 e. The lowest BCUT2D eigenvalue weighted by Crippen LogP contribution is -2.42. The van der Waals surface area contributed by atoms with E-state index in [0.29, 0.717) is 18.7 Å². The molecule has 1 saturated heterocycles. The molecular weight excluding hydrogens is 300 g/mol. The van der Waals surface area contributed by atoms with Crippen LogP contribution < -0.4 is 5.32 Å². The van der Waals surface area contributed by atoms with Crippen LogP contribution in [-0.2, 0) is 10.0 Å². The molecule has 1 aliphatic rings. The van der Waals surface area contributed by atoms with E-state index in [1.54, 1.807) is 24.3 Å². The molecule has 0 radical (unpaired) electrons. The Morgan fingerprint density at radius 3 is 2.91 bits per heavy atom. The standard InChI is InChI=1S/C16H22N2O3S/c1-3-10-17-16(19)14-8-6-9-15(12-14)22(20,21)18-11-5-4-7-13(18)2/h3,6,8-9,12-13H,1,4-5,7,10-11H2,2H3,(H,17,19). The van der Waals surface area contributed by atoms with Crippen LogP contribution in [-0.4, -0.2) is 37.8 Å². The van der Waals surface area contributed by atoms with E-state index in [-0.39, 0.29) is 16.8 Å². The van der Waals surface area contributed by atoms with Gasteiger partial charge in [-0.05, 0) is 38.0 Å². The molecule has 1 aliphatic heterocycles. The fourth-order valence-electron chi connectivity index (χ4n) is 2.63. The van der Waals surface area contributed by atoms with Crippen molar-refractivity contribution in [1.29, 1.82) is 0 Å². The van der Waals surface area contributed by atoms with Crippen molar-refractivity contribution < 1.29 is 13.2 Å². The summed E-state index contributed by atoms with van der Waals surface area (Å²) in [5.41, 5.74) is 0.340. The highest BCUT2D eigenvalue weighted by Gasteiger charge is 2.31. The normalized spacial score (nSPS) is 19.6. The largest absolute Gasteiger partial charge is 0.349 e. The molecule has 1 unspecified atom stereocenters. The number of benzene rings is 1. The van der Waals surface area contributed by atoms with Gasteiger partial charge in [-0.15, -0.1) is 6.58 Å². The van der Waals surface area contributed by atoms with Crippen LogP contribution in [0.4, 0.5) is 0 Å². The van der Waals surface area contributed by atoms with Crippen LogP contribution in [0.3, 0.4) is 0 Å². The third-order valence-corrected chi connectivity index (χ3v) is 5.86. The Bertz CT molecular complexity index is 655. The number of carbonyl (C=O) groups excluding carboxylic acids is 1. The van der Waals surface area contributed by atoms with Crippen LogP contribution in [0.5, 0.6) is 0 Å². The van der Waals surface area contributed by atoms with Gasteiger partial charge in [-0.2, -0.15) is 4.31 Å². The number of hydrogen-bond donors (Lipinski definition) is 1. The van der Waals surface area contributed by atoms with Gasteiger partial charge < -0.3 is 5.32 Å². The van der Waals surface area contributed by atoms with Crippen molar-refractivity contribution in [2.24, 2.45) is 0 Å². The van der Waals surface area contributed by atoms with E-state index in [4.69, 9.17) is 0 Å². The summed E-state index contributed by atoms with van der Waals surface area (Å²) in [5, 5.41) is 2.65. The van der Waals surface area contributed by atoms with E-state index in [9.17, 15) is 13.2 Å². The summed E-state index contributed by atoms with van der Waals surface area (Å²) in [5.74, 6) is -0.302. The first-order chi connectivity index (χ1) is 10.5. The number of sulfonamides is 1. The van der Waals surface area contributed by atoms with Gasteiger partial charge in [0.25, 0.3) is 5.91 Å². The number of amides is 1. The molecule has 0 spiro atoms. The van der Waals surface area contributed by atoms with Crippen molar-refractivity contribution in [2.75, 3.05) is 13.1 Å². The lowest BCUT2D eigenvalue weighted by Gasteiger charge is -2.32. The first-order valence-corrected chi connectivity index (χ1v) is 8.92. The van der Waals surface area contributed by atoms with Crippen LogP contribution in [0.25, 0.3) is 0 Å². The van der Waals surface area contributed by atoms with Crippen LogP contribution >= 0.6 is 0 Å². The van der Waals surface area contributed by atoms with Gasteiger partial charge >= 0.3 is 0 Å². The molecule has 1 amide bonds. The van der Waals surface area contributed by atoms with E-state index in [1.807, 2.05) is 6.92 Å². The molecule has 1 fully saturated rings. The quantitative estimate of drug-likeness (QED) is 0.845. The van der Waals surface area contributed by atoms with Crippen molar-refractivity contribution in [2.45, 2.75) is 37.1 Å². The van der Waals surface area contributed by atoms with Gasteiger partial charge in [0.2, 0.25) is 10.0 Å². The number of carbonyl (C=O) groups is 1. The zero-order valence-corrected chi connectivity index (χ0v) is 13.6. The van der Waals surface area contributed by atoms with Crippen molar-refractivity contribution in [3.63, 3.8) is 0 Å². The number of piperidine rings is 1. The SMILES string of the molecule is C=CCNC(=O)c1cccc(S(=O)(=O)N2CCCCC2C)c1. The zero-order chi connectivity index (χ0) is 16.2. The minimum absolute atomic E-state index is 0.00278. The van der Waals surface area contributed by atoms with Gasteiger partial charge in [-0.25, -0.2) is 8.42 Å². The van der Waals surface area contributed by atoms with Crippen LogP contribution in [0, 0.1) is 0 Å². The Hall–Kier alpha value is -1.66. The van der Waals surface area contributed by atoms with E-state index in [0.717, 1.165) is 19.3 Å². The molecule has 1 N–H and O–H groups in total. The second-order valence-corrected chi connectivity index (χ2v) is 7.38. The Morgan fingerprint density at radius 2 is 2.23 bits per heavy atom. The van der Waals surface area contributed by atoms with Gasteiger partial charge in [-0.3, -0.25) is 4.79 Å². The second-order valence-electron chi connectivity index (χ2n) is 5.49. The summed E-state index contributed by atoms with van der Waals surface area (Å²) >= 11 is 0. The van der Waals surface area contributed by atoms with Crippen LogP contribution in [0.2, 0.25) is 0 Å². The van der Waals surface area contributed by atoms with Gasteiger partial charge in [0.15, 0.2) is 0 Å². The molecule has 1 heterocycles. The highest BCUT2D eigenvalue weighted by molar-refractivity contribution is 7.89. The fourth-order valence-corrected chi connectivity index (χ4v) is 4.37. The van der Waals surface area contributed by atoms with Crippen molar-refractivity contribution in [3.8, 4) is 0 Å². The molecule has 6 heteroatoms. The van der Waals surface area contributed by atoms with Crippen molar-refractivity contribution in [3.05, 3.63) is 42.5 Å². The third kappa shape index (κ3) is 3.56. The molecule has 22 heavy (non-hydrogen) atoms. The summed E-state index contributed by atoms with van der Waals surface area (Å²) < 4.78 is 27.1. The monoisotopic (exact) mass is 322 g/mol. The molecule has 1 atom stereocenters. The molecule has 2 rings (SSSR count). The predicted octanol–water partition coefficient (Wildman–Crippen LogP) is 2.17. The van der Waals surface area contributed by atoms with E-state index in [2.05, 4.69) is 11.9 Å². The maximum Gasteiger partial charge on any atom is 0.251 e. The molecule has 0 bridgehead atoms. The fraction of sp³-hybridized carbons (Fsp3) is 0.438. The molecular formula is C16H22N2O3S. The summed E-state index contributed by atoms with van der Waals surface area (Å²) in [6.45, 7) is 6.35. The maximum absolute atomic E-state index is 12.8. The number of nitrogens with zero attached hydrogens (tertiary/aromatic N) is 1. The Kier molecular flexibility index (Phi) is 5.37. The molecule has 1 aromatic carbocycles. The highest BCUT2D eigenvalue weighted by Crippen LogP contribution is 2.25. The lowest BCUT2D eigenvalue weighted by molar-refractivity contribution is 0.0958. The topological polar surface area (TPSA) is 66.5 Å². The Labute approximate surface area is 132 Å². The van der Waals surface area contributed by atoms with Gasteiger partial charge in [0, 0.05) is 24.7 Å². The van der Waals surface area contributed by atoms with Gasteiger partial charge in [-0.1, -0.05) is 18.6 Å². The Balaban J connectivity index is 2.27.